The number of anilines is 2. The summed E-state index contributed by atoms with van der Waals surface area (Å²) in [5, 5.41) is 2.27. The number of para-hydroxylation sites is 2. The molecule has 0 unspecified atom stereocenters. The third kappa shape index (κ3) is 4.75. The van der Waals surface area contributed by atoms with E-state index in [2.05, 4.69) is 4.98 Å². The zero-order valence-corrected chi connectivity index (χ0v) is 16.4. The number of methoxy groups -OCH3 is 1. The van der Waals surface area contributed by atoms with Crippen molar-refractivity contribution in [3.05, 3.63) is 71.2 Å². The number of thiazole rings is 1. The monoisotopic (exact) mass is 396 g/mol. The van der Waals surface area contributed by atoms with Crippen molar-refractivity contribution < 1.29 is 19.1 Å². The van der Waals surface area contributed by atoms with Gasteiger partial charge in [0.2, 0.25) is 5.91 Å². The summed E-state index contributed by atoms with van der Waals surface area (Å²) in [5.41, 5.74) is 2.09. The van der Waals surface area contributed by atoms with Gasteiger partial charge in [-0.1, -0.05) is 42.5 Å². The van der Waals surface area contributed by atoms with Gasteiger partial charge in [-0.25, -0.2) is 4.98 Å². The van der Waals surface area contributed by atoms with Gasteiger partial charge in [-0.15, -0.1) is 11.3 Å². The molecule has 144 valence electrons. The van der Waals surface area contributed by atoms with E-state index < -0.39 is 0 Å². The maximum atomic E-state index is 12.2. The van der Waals surface area contributed by atoms with Crippen LogP contribution >= 0.6 is 11.3 Å². The summed E-state index contributed by atoms with van der Waals surface area (Å²) in [6.07, 6.45) is 0.207. The first-order valence-corrected chi connectivity index (χ1v) is 9.54. The second-order valence-electron chi connectivity index (χ2n) is 5.97. The molecule has 0 atom stereocenters. The van der Waals surface area contributed by atoms with Crippen molar-refractivity contribution in [2.24, 2.45) is 0 Å². The van der Waals surface area contributed by atoms with Gasteiger partial charge in [0.25, 0.3) is 0 Å². The van der Waals surface area contributed by atoms with E-state index in [1.807, 2.05) is 42.5 Å². The zero-order valence-electron chi connectivity index (χ0n) is 15.6. The number of rotatable bonds is 7. The van der Waals surface area contributed by atoms with E-state index in [1.54, 1.807) is 24.6 Å². The van der Waals surface area contributed by atoms with Crippen LogP contribution in [-0.4, -0.2) is 24.0 Å². The van der Waals surface area contributed by atoms with Gasteiger partial charge in [-0.05, 0) is 17.7 Å². The third-order valence-electron chi connectivity index (χ3n) is 3.94. The van der Waals surface area contributed by atoms with Crippen molar-refractivity contribution in [1.82, 2.24) is 4.98 Å². The van der Waals surface area contributed by atoms with E-state index in [-0.39, 0.29) is 24.9 Å². The van der Waals surface area contributed by atoms with E-state index in [1.165, 1.54) is 23.2 Å². The molecule has 3 aromatic rings. The number of ether oxygens (including phenoxy) is 2. The fraction of sp³-hybridized carbons (Fsp3) is 0.190. The van der Waals surface area contributed by atoms with Crippen molar-refractivity contribution in [3.8, 4) is 5.75 Å². The first-order valence-electron chi connectivity index (χ1n) is 8.66. The highest BCUT2D eigenvalue weighted by Gasteiger charge is 2.21. The van der Waals surface area contributed by atoms with Crippen molar-refractivity contribution in [2.75, 3.05) is 12.0 Å². The minimum absolute atomic E-state index is 0.0554. The number of amides is 1. The molecular weight excluding hydrogens is 376 g/mol. The minimum atomic E-state index is -0.325. The predicted molar refractivity (Wildman–Crippen MR) is 108 cm³/mol. The number of carbonyl (C=O) groups is 2. The summed E-state index contributed by atoms with van der Waals surface area (Å²) in [7, 11) is 1.55. The van der Waals surface area contributed by atoms with Crippen LogP contribution in [0.25, 0.3) is 0 Å². The molecule has 3 rings (SSSR count). The molecule has 0 aliphatic heterocycles. The molecule has 28 heavy (non-hydrogen) atoms. The van der Waals surface area contributed by atoms with Crippen molar-refractivity contribution >= 4 is 34.0 Å². The lowest BCUT2D eigenvalue weighted by Gasteiger charge is -2.20. The lowest BCUT2D eigenvalue weighted by Crippen LogP contribution is -2.23. The van der Waals surface area contributed by atoms with E-state index in [0.29, 0.717) is 22.3 Å². The van der Waals surface area contributed by atoms with Gasteiger partial charge in [-0.2, -0.15) is 0 Å². The maximum absolute atomic E-state index is 12.2. The van der Waals surface area contributed by atoms with Crippen LogP contribution in [0.1, 0.15) is 18.2 Å². The predicted octanol–water partition coefficient (Wildman–Crippen LogP) is 4.12. The summed E-state index contributed by atoms with van der Waals surface area (Å²) in [4.78, 5) is 30.2. The Morgan fingerprint density at radius 1 is 1.07 bits per heavy atom. The Balaban J connectivity index is 1.69. The van der Waals surface area contributed by atoms with E-state index in [9.17, 15) is 9.59 Å². The molecule has 0 saturated carbocycles. The van der Waals surface area contributed by atoms with Crippen LogP contribution < -0.4 is 9.64 Å². The number of hydrogen-bond donors (Lipinski definition) is 0. The van der Waals surface area contributed by atoms with Crippen LogP contribution in [-0.2, 0) is 27.4 Å². The highest BCUT2D eigenvalue weighted by Crippen LogP contribution is 2.35. The average Bonchev–Trinajstić information content (AvgIpc) is 3.16. The molecule has 0 radical (unpaired) electrons. The lowest BCUT2D eigenvalue weighted by molar-refractivity contribution is -0.144. The van der Waals surface area contributed by atoms with Gasteiger partial charge in [0.1, 0.15) is 12.4 Å². The van der Waals surface area contributed by atoms with Crippen molar-refractivity contribution in [3.63, 3.8) is 0 Å². The Bertz CT molecular complexity index is 956. The Labute approximate surface area is 167 Å². The molecule has 0 N–H and O–H groups in total. The van der Waals surface area contributed by atoms with Gasteiger partial charge in [-0.3, -0.25) is 14.5 Å². The third-order valence-corrected chi connectivity index (χ3v) is 4.82. The first-order chi connectivity index (χ1) is 13.6. The SMILES string of the molecule is COc1ccccc1N(C(C)=O)c1nc(COC(=O)Cc2ccccc2)cs1. The fourth-order valence-corrected chi connectivity index (χ4v) is 3.52. The normalized spacial score (nSPS) is 10.4. The van der Waals surface area contributed by atoms with Gasteiger partial charge >= 0.3 is 5.97 Å². The van der Waals surface area contributed by atoms with Crippen LogP contribution in [0.15, 0.2) is 60.0 Å². The van der Waals surface area contributed by atoms with Crippen LogP contribution in [0.5, 0.6) is 5.75 Å². The molecule has 0 fully saturated rings. The molecule has 2 aromatic carbocycles. The standard InChI is InChI=1S/C21H20N2O4S/c1-15(24)23(18-10-6-7-11-19(18)26-2)21-22-17(14-28-21)13-27-20(25)12-16-8-4-3-5-9-16/h3-11,14H,12-13H2,1-2H3. The Morgan fingerprint density at radius 2 is 1.79 bits per heavy atom. The molecule has 0 aliphatic carbocycles. The number of hydrogen-bond acceptors (Lipinski definition) is 6. The molecule has 0 saturated heterocycles. The van der Waals surface area contributed by atoms with Gasteiger partial charge in [0.05, 0.1) is 24.9 Å². The van der Waals surface area contributed by atoms with Crippen LogP contribution in [0.4, 0.5) is 10.8 Å². The topological polar surface area (TPSA) is 68.7 Å². The van der Waals surface area contributed by atoms with Crippen LogP contribution in [0.2, 0.25) is 0 Å². The number of nitrogens with zero attached hydrogens (tertiary/aromatic N) is 2. The summed E-state index contributed by atoms with van der Waals surface area (Å²) >= 11 is 1.30. The highest BCUT2D eigenvalue weighted by molar-refractivity contribution is 7.14. The minimum Gasteiger partial charge on any atom is -0.495 e. The molecule has 1 amide bonds. The van der Waals surface area contributed by atoms with E-state index in [4.69, 9.17) is 9.47 Å². The Kier molecular flexibility index (Phi) is 6.39. The van der Waals surface area contributed by atoms with Gasteiger partial charge < -0.3 is 9.47 Å². The van der Waals surface area contributed by atoms with Crippen LogP contribution in [0, 0.1) is 0 Å². The smallest absolute Gasteiger partial charge is 0.310 e. The molecule has 7 heteroatoms. The number of aromatic nitrogens is 1. The second-order valence-corrected chi connectivity index (χ2v) is 6.81. The lowest BCUT2D eigenvalue weighted by atomic mass is 10.2. The van der Waals surface area contributed by atoms with Crippen LogP contribution in [0.3, 0.4) is 0 Å². The first kappa shape index (κ1) is 19.6. The summed E-state index contributed by atoms with van der Waals surface area (Å²) in [6, 6.07) is 16.6. The summed E-state index contributed by atoms with van der Waals surface area (Å²) in [6.45, 7) is 1.52. The average molecular weight is 396 g/mol. The molecular formula is C21H20N2O4S. The summed E-state index contributed by atoms with van der Waals surface area (Å²) in [5.74, 6) is 0.0594. The van der Waals surface area contributed by atoms with E-state index in [0.717, 1.165) is 5.56 Å². The number of esters is 1. The number of carbonyl (C=O) groups excluding carboxylic acids is 2. The van der Waals surface area contributed by atoms with E-state index >= 15 is 0 Å². The quantitative estimate of drug-likeness (QED) is 0.562. The number of benzene rings is 2. The second kappa shape index (κ2) is 9.14. The molecule has 6 nitrogen and oxygen atoms in total. The van der Waals surface area contributed by atoms with Gasteiger partial charge in [0, 0.05) is 12.3 Å². The van der Waals surface area contributed by atoms with Crippen molar-refractivity contribution in [1.29, 1.82) is 0 Å². The zero-order chi connectivity index (χ0) is 19.9. The van der Waals surface area contributed by atoms with Crippen molar-refractivity contribution in [2.45, 2.75) is 20.0 Å². The molecule has 0 spiro atoms. The Morgan fingerprint density at radius 3 is 2.50 bits per heavy atom. The largest absolute Gasteiger partial charge is 0.495 e. The molecule has 0 aliphatic rings. The molecule has 0 bridgehead atoms. The Hall–Kier alpha value is -3.19. The highest BCUT2D eigenvalue weighted by atomic mass is 32.1. The molecule has 1 aromatic heterocycles. The maximum Gasteiger partial charge on any atom is 0.310 e. The molecule has 1 heterocycles. The summed E-state index contributed by atoms with van der Waals surface area (Å²) < 4.78 is 10.7. The van der Waals surface area contributed by atoms with Gasteiger partial charge in [0.15, 0.2) is 5.13 Å². The fourth-order valence-electron chi connectivity index (χ4n) is 2.66.